The summed E-state index contributed by atoms with van der Waals surface area (Å²) in [4.78, 5) is 37.2. The van der Waals surface area contributed by atoms with Crippen molar-refractivity contribution >= 4 is 18.3 Å². The van der Waals surface area contributed by atoms with Gasteiger partial charge in [0.15, 0.2) is 0 Å². The van der Waals surface area contributed by atoms with Crippen molar-refractivity contribution in [2.45, 2.75) is 72.6 Å². The van der Waals surface area contributed by atoms with E-state index in [1.807, 2.05) is 13.8 Å². The number of amides is 2. The van der Waals surface area contributed by atoms with Gasteiger partial charge in [-0.2, -0.15) is 0 Å². The van der Waals surface area contributed by atoms with E-state index in [2.05, 4.69) is 0 Å². The van der Waals surface area contributed by atoms with Gasteiger partial charge in [-0.15, -0.1) is 0 Å². The minimum absolute atomic E-state index is 0.142. The number of hydrogen-bond donors (Lipinski definition) is 1. The highest BCUT2D eigenvalue weighted by Gasteiger charge is 2.37. The normalized spacial score (nSPS) is 14.6. The van der Waals surface area contributed by atoms with Crippen molar-refractivity contribution in [2.24, 2.45) is 17.6 Å². The van der Waals surface area contributed by atoms with E-state index in [1.165, 1.54) is 0 Å². The molecule has 0 radical (unpaired) electrons. The Morgan fingerprint density at radius 3 is 2.00 bits per heavy atom. The fourth-order valence-corrected chi connectivity index (χ4v) is 1.85. The van der Waals surface area contributed by atoms with Crippen LogP contribution in [-0.2, 0) is 14.3 Å². The minimum Gasteiger partial charge on any atom is -0.443 e. The molecule has 0 aliphatic heterocycles. The molecule has 0 saturated heterocycles. The molecular weight excluding hydrogens is 284 g/mol. The average Bonchev–Trinajstić information content (AvgIpc) is 2.33. The van der Waals surface area contributed by atoms with Gasteiger partial charge in [0.2, 0.25) is 5.91 Å². The van der Waals surface area contributed by atoms with Crippen LogP contribution in [0.2, 0.25) is 0 Å². The van der Waals surface area contributed by atoms with Crippen LogP contribution in [0.5, 0.6) is 0 Å². The molecule has 0 heterocycles. The monoisotopic (exact) mass is 314 g/mol. The average molecular weight is 314 g/mol. The number of hydrogen-bond acceptors (Lipinski definition) is 5. The maximum Gasteiger partial charge on any atom is 0.417 e. The Labute approximate surface area is 133 Å². The Morgan fingerprint density at radius 1 is 1.18 bits per heavy atom. The third-order valence-corrected chi connectivity index (χ3v) is 3.03. The molecule has 2 amide bonds. The second-order valence-electron chi connectivity index (χ2n) is 7.29. The van der Waals surface area contributed by atoms with Crippen LogP contribution >= 0.6 is 0 Å². The molecule has 0 aromatic heterocycles. The first-order valence-corrected chi connectivity index (χ1v) is 7.67. The standard InChI is InChI=1S/C16H30N2O4/c1-10(2)8-12(9-19)18(14(20)13(17)11(3)4)15(21)22-16(5,6)7/h9-13H,8,17H2,1-7H3/t12-,13-/m0/s1. The molecule has 0 aromatic carbocycles. The molecule has 2 atom stereocenters. The first-order valence-electron chi connectivity index (χ1n) is 7.67. The Hall–Kier alpha value is -1.43. The second-order valence-corrected chi connectivity index (χ2v) is 7.29. The van der Waals surface area contributed by atoms with Gasteiger partial charge in [-0.3, -0.25) is 4.79 Å². The SMILES string of the molecule is CC(C)C[C@@H](C=O)N(C(=O)OC(C)(C)C)C(=O)[C@@H](N)C(C)C. The maximum atomic E-state index is 12.5. The quantitative estimate of drug-likeness (QED) is 0.760. The molecule has 0 aliphatic carbocycles. The number of ether oxygens (including phenoxy) is 1. The van der Waals surface area contributed by atoms with Crippen molar-refractivity contribution in [1.29, 1.82) is 0 Å². The Balaban J connectivity index is 5.51. The number of nitrogens with zero attached hydrogens (tertiary/aromatic N) is 1. The Kier molecular flexibility index (Phi) is 7.73. The maximum absolute atomic E-state index is 12.5. The van der Waals surface area contributed by atoms with Crippen LogP contribution in [0.15, 0.2) is 0 Å². The van der Waals surface area contributed by atoms with Crippen LogP contribution in [-0.4, -0.2) is 40.9 Å². The summed E-state index contributed by atoms with van der Waals surface area (Å²) in [5.74, 6) is -0.589. The van der Waals surface area contributed by atoms with Gasteiger partial charge in [0.05, 0.1) is 12.1 Å². The van der Waals surface area contributed by atoms with Gasteiger partial charge in [-0.1, -0.05) is 27.7 Å². The number of nitrogens with two attached hydrogens (primary N) is 1. The summed E-state index contributed by atoms with van der Waals surface area (Å²) >= 11 is 0. The van der Waals surface area contributed by atoms with Crippen LogP contribution in [0, 0.1) is 11.8 Å². The van der Waals surface area contributed by atoms with Crippen LogP contribution in [0.25, 0.3) is 0 Å². The topological polar surface area (TPSA) is 89.7 Å². The molecule has 0 aromatic rings. The zero-order chi connectivity index (χ0) is 17.7. The highest BCUT2D eigenvalue weighted by Crippen LogP contribution is 2.18. The molecule has 0 bridgehead atoms. The van der Waals surface area contributed by atoms with Gasteiger partial charge >= 0.3 is 6.09 Å². The first-order chi connectivity index (χ1) is 9.90. The van der Waals surface area contributed by atoms with E-state index >= 15 is 0 Å². The first kappa shape index (κ1) is 20.6. The molecule has 22 heavy (non-hydrogen) atoms. The van der Waals surface area contributed by atoms with Gasteiger partial charge in [0.1, 0.15) is 11.9 Å². The number of carbonyl (C=O) groups is 3. The van der Waals surface area contributed by atoms with Crippen molar-refractivity contribution in [2.75, 3.05) is 0 Å². The lowest BCUT2D eigenvalue weighted by molar-refractivity contribution is -0.137. The second kappa shape index (κ2) is 8.27. The fraction of sp³-hybridized carbons (Fsp3) is 0.812. The van der Waals surface area contributed by atoms with Crippen LogP contribution < -0.4 is 5.73 Å². The van der Waals surface area contributed by atoms with Crippen LogP contribution in [0.1, 0.15) is 54.9 Å². The van der Waals surface area contributed by atoms with Crippen LogP contribution in [0.4, 0.5) is 4.79 Å². The Bertz CT molecular complexity index is 399. The molecule has 6 nitrogen and oxygen atoms in total. The summed E-state index contributed by atoms with van der Waals surface area (Å²) in [7, 11) is 0. The summed E-state index contributed by atoms with van der Waals surface area (Å²) < 4.78 is 5.27. The lowest BCUT2D eigenvalue weighted by Gasteiger charge is -2.32. The molecule has 0 spiro atoms. The molecule has 0 unspecified atom stereocenters. The van der Waals surface area contributed by atoms with Gasteiger partial charge in [0.25, 0.3) is 0 Å². The van der Waals surface area contributed by atoms with E-state index in [-0.39, 0.29) is 11.8 Å². The molecule has 0 fully saturated rings. The smallest absolute Gasteiger partial charge is 0.417 e. The minimum atomic E-state index is -0.868. The van der Waals surface area contributed by atoms with Gasteiger partial charge in [0, 0.05) is 0 Å². The number of aldehydes is 1. The van der Waals surface area contributed by atoms with Gasteiger partial charge < -0.3 is 15.3 Å². The lowest BCUT2D eigenvalue weighted by Crippen LogP contribution is -2.55. The predicted octanol–water partition coefficient (Wildman–Crippen LogP) is 2.35. The van der Waals surface area contributed by atoms with Crippen molar-refractivity contribution in [1.82, 2.24) is 4.90 Å². The van der Waals surface area contributed by atoms with E-state index < -0.39 is 29.7 Å². The van der Waals surface area contributed by atoms with Crippen molar-refractivity contribution < 1.29 is 19.1 Å². The van der Waals surface area contributed by atoms with Gasteiger partial charge in [-0.05, 0) is 39.0 Å². The Morgan fingerprint density at radius 2 is 1.68 bits per heavy atom. The predicted molar refractivity (Wildman–Crippen MR) is 85.2 cm³/mol. The van der Waals surface area contributed by atoms with Gasteiger partial charge in [-0.25, -0.2) is 9.69 Å². The van der Waals surface area contributed by atoms with E-state index in [1.54, 1.807) is 34.6 Å². The van der Waals surface area contributed by atoms with Crippen LogP contribution in [0.3, 0.4) is 0 Å². The van der Waals surface area contributed by atoms with E-state index in [4.69, 9.17) is 10.5 Å². The summed E-state index contributed by atoms with van der Waals surface area (Å²) in [5, 5.41) is 0. The number of rotatable bonds is 6. The van der Waals surface area contributed by atoms with E-state index in [9.17, 15) is 14.4 Å². The molecule has 0 aliphatic rings. The molecular formula is C16H30N2O4. The largest absolute Gasteiger partial charge is 0.443 e. The van der Waals surface area contributed by atoms with E-state index in [0.29, 0.717) is 12.7 Å². The lowest BCUT2D eigenvalue weighted by atomic mass is 10.00. The highest BCUT2D eigenvalue weighted by molar-refractivity contribution is 5.97. The zero-order valence-corrected chi connectivity index (χ0v) is 14.8. The molecule has 2 N–H and O–H groups in total. The number of carbonyl (C=O) groups excluding carboxylic acids is 3. The summed E-state index contributed by atoms with van der Waals surface area (Å²) in [6, 6.07) is -1.73. The zero-order valence-electron chi connectivity index (χ0n) is 14.8. The molecule has 0 saturated carbocycles. The van der Waals surface area contributed by atoms with Crippen molar-refractivity contribution in [3.8, 4) is 0 Å². The molecule has 128 valence electrons. The fourth-order valence-electron chi connectivity index (χ4n) is 1.85. The van der Waals surface area contributed by atoms with Crippen molar-refractivity contribution in [3.05, 3.63) is 0 Å². The van der Waals surface area contributed by atoms with Crippen molar-refractivity contribution in [3.63, 3.8) is 0 Å². The third-order valence-electron chi connectivity index (χ3n) is 3.03. The summed E-state index contributed by atoms with van der Waals surface area (Å²) in [6.07, 6.45) is 0.153. The highest BCUT2D eigenvalue weighted by atomic mass is 16.6. The summed E-state index contributed by atoms with van der Waals surface area (Å²) in [6.45, 7) is 12.5. The molecule has 6 heteroatoms. The third kappa shape index (κ3) is 6.56. The number of imide groups is 1. The summed E-state index contributed by atoms with van der Waals surface area (Å²) in [5.41, 5.74) is 5.11. The molecule has 0 rings (SSSR count). The van der Waals surface area contributed by atoms with E-state index in [0.717, 1.165) is 4.90 Å².